The summed E-state index contributed by atoms with van der Waals surface area (Å²) in [6.07, 6.45) is 1.68. The Labute approximate surface area is 102 Å². The van der Waals surface area contributed by atoms with Gasteiger partial charge in [-0.15, -0.1) is 6.58 Å². The second-order valence-corrected chi connectivity index (χ2v) is 4.17. The summed E-state index contributed by atoms with van der Waals surface area (Å²) < 4.78 is 0. The smallest absolute Gasteiger partial charge is 0.251 e. The number of nitrogens with two attached hydrogens (primary N) is 1. The zero-order valence-corrected chi connectivity index (χ0v) is 10.5. The minimum atomic E-state index is -0.144. The predicted molar refractivity (Wildman–Crippen MR) is 72.3 cm³/mol. The Morgan fingerprint density at radius 1 is 1.53 bits per heavy atom. The van der Waals surface area contributed by atoms with Crippen LogP contribution in [0, 0.1) is 0 Å². The van der Waals surface area contributed by atoms with Crippen molar-refractivity contribution in [1.29, 1.82) is 0 Å². The van der Waals surface area contributed by atoms with E-state index in [1.54, 1.807) is 18.2 Å². The second-order valence-electron chi connectivity index (χ2n) is 4.17. The highest BCUT2D eigenvalue weighted by Gasteiger charge is 2.10. The molecule has 0 spiro atoms. The Morgan fingerprint density at radius 2 is 2.18 bits per heavy atom. The van der Waals surface area contributed by atoms with Gasteiger partial charge < -0.3 is 16.0 Å². The molecule has 1 aromatic rings. The topological polar surface area (TPSA) is 58.4 Å². The molecule has 0 aromatic heterocycles. The number of nitrogens with one attached hydrogen (secondary N) is 1. The van der Waals surface area contributed by atoms with Crippen molar-refractivity contribution in [3.8, 4) is 0 Å². The Hall–Kier alpha value is -1.97. The lowest BCUT2D eigenvalue weighted by atomic mass is 10.1. The van der Waals surface area contributed by atoms with E-state index in [9.17, 15) is 4.79 Å². The minimum absolute atomic E-state index is 0.0581. The molecule has 0 aliphatic rings. The lowest BCUT2D eigenvalue weighted by molar-refractivity contribution is 0.0947. The average molecular weight is 233 g/mol. The van der Waals surface area contributed by atoms with Crippen molar-refractivity contribution in [3.05, 3.63) is 36.4 Å². The molecule has 0 aliphatic heterocycles. The van der Waals surface area contributed by atoms with E-state index in [0.717, 1.165) is 5.69 Å². The van der Waals surface area contributed by atoms with Gasteiger partial charge in [-0.25, -0.2) is 0 Å². The van der Waals surface area contributed by atoms with Gasteiger partial charge in [-0.2, -0.15) is 0 Å². The van der Waals surface area contributed by atoms with E-state index in [1.807, 2.05) is 32.0 Å². The zero-order chi connectivity index (χ0) is 13.0. The molecule has 92 valence electrons. The summed E-state index contributed by atoms with van der Waals surface area (Å²) in [6.45, 7) is 5.48. The number of benzene rings is 1. The van der Waals surface area contributed by atoms with Gasteiger partial charge in [0.1, 0.15) is 0 Å². The fourth-order valence-electron chi connectivity index (χ4n) is 1.45. The van der Waals surface area contributed by atoms with Gasteiger partial charge in [0.15, 0.2) is 0 Å². The zero-order valence-electron chi connectivity index (χ0n) is 10.5. The number of hydrogen-bond acceptors (Lipinski definition) is 3. The summed E-state index contributed by atoms with van der Waals surface area (Å²) in [5.41, 5.74) is 7.93. The van der Waals surface area contributed by atoms with Crippen LogP contribution < -0.4 is 16.0 Å². The van der Waals surface area contributed by atoms with Crippen molar-refractivity contribution < 1.29 is 4.79 Å². The molecular weight excluding hydrogens is 214 g/mol. The van der Waals surface area contributed by atoms with Crippen molar-refractivity contribution in [2.45, 2.75) is 13.0 Å². The fourth-order valence-corrected chi connectivity index (χ4v) is 1.45. The number of amides is 1. The third-order valence-electron chi connectivity index (χ3n) is 2.48. The molecule has 0 radical (unpaired) electrons. The lowest BCUT2D eigenvalue weighted by Crippen LogP contribution is -2.30. The van der Waals surface area contributed by atoms with Crippen LogP contribution in [0.4, 0.5) is 11.4 Å². The molecule has 1 rings (SSSR count). The Balaban J connectivity index is 2.90. The molecule has 0 heterocycles. The second kappa shape index (κ2) is 5.39. The first-order valence-electron chi connectivity index (χ1n) is 5.46. The molecule has 0 aliphatic carbocycles. The maximum atomic E-state index is 11.8. The third kappa shape index (κ3) is 3.24. The summed E-state index contributed by atoms with van der Waals surface area (Å²) in [6, 6.07) is 5.22. The normalized spacial score (nSPS) is 11.7. The molecule has 17 heavy (non-hydrogen) atoms. The van der Waals surface area contributed by atoms with Crippen LogP contribution in [0.1, 0.15) is 17.3 Å². The van der Waals surface area contributed by atoms with E-state index < -0.39 is 0 Å². The highest BCUT2D eigenvalue weighted by atomic mass is 16.1. The molecule has 0 bridgehead atoms. The van der Waals surface area contributed by atoms with Crippen LogP contribution in [0.3, 0.4) is 0 Å². The van der Waals surface area contributed by atoms with E-state index in [4.69, 9.17) is 5.73 Å². The first-order chi connectivity index (χ1) is 7.95. The monoisotopic (exact) mass is 233 g/mol. The quantitative estimate of drug-likeness (QED) is 0.614. The van der Waals surface area contributed by atoms with Crippen molar-refractivity contribution in [3.63, 3.8) is 0 Å². The molecule has 1 aromatic carbocycles. The third-order valence-corrected chi connectivity index (χ3v) is 2.48. The average Bonchev–Trinajstić information content (AvgIpc) is 2.28. The SMILES string of the molecule is C=CC(C)NC(=O)c1ccc(N(C)C)c(N)c1. The van der Waals surface area contributed by atoms with E-state index >= 15 is 0 Å². The summed E-state index contributed by atoms with van der Waals surface area (Å²) in [5.74, 6) is -0.144. The molecule has 3 N–H and O–H groups in total. The highest BCUT2D eigenvalue weighted by molar-refractivity contribution is 5.96. The van der Waals surface area contributed by atoms with Crippen molar-refractivity contribution >= 4 is 17.3 Å². The number of nitrogen functional groups attached to an aromatic ring is 1. The number of nitrogens with zero attached hydrogens (tertiary/aromatic N) is 1. The van der Waals surface area contributed by atoms with Crippen LogP contribution in [0.5, 0.6) is 0 Å². The van der Waals surface area contributed by atoms with E-state index in [-0.39, 0.29) is 11.9 Å². The van der Waals surface area contributed by atoms with E-state index in [1.165, 1.54) is 0 Å². The molecule has 1 atom stereocenters. The molecule has 4 heteroatoms. The van der Waals surface area contributed by atoms with Gasteiger partial charge in [-0.3, -0.25) is 4.79 Å². The van der Waals surface area contributed by atoms with Crippen molar-refractivity contribution in [1.82, 2.24) is 5.32 Å². The number of rotatable bonds is 4. The van der Waals surface area contributed by atoms with Gasteiger partial charge in [0.25, 0.3) is 5.91 Å². The molecule has 0 saturated carbocycles. The molecule has 4 nitrogen and oxygen atoms in total. The van der Waals surface area contributed by atoms with E-state index in [0.29, 0.717) is 11.3 Å². The highest BCUT2D eigenvalue weighted by Crippen LogP contribution is 2.22. The fraction of sp³-hybridized carbons (Fsp3) is 0.308. The molecule has 1 amide bonds. The standard InChI is InChI=1S/C13H19N3O/c1-5-9(2)15-13(17)10-6-7-12(16(3)4)11(14)8-10/h5-9H,1,14H2,2-4H3,(H,15,17). The number of carbonyl (C=O) groups is 1. The van der Waals surface area contributed by atoms with Crippen LogP contribution in [0.15, 0.2) is 30.9 Å². The van der Waals surface area contributed by atoms with Gasteiger partial charge in [0, 0.05) is 25.7 Å². The first kappa shape index (κ1) is 13.1. The van der Waals surface area contributed by atoms with Gasteiger partial charge >= 0.3 is 0 Å². The van der Waals surface area contributed by atoms with Crippen LogP contribution in [0.2, 0.25) is 0 Å². The van der Waals surface area contributed by atoms with Crippen LogP contribution in [-0.4, -0.2) is 26.0 Å². The lowest BCUT2D eigenvalue weighted by Gasteiger charge is -2.16. The molecule has 0 saturated heterocycles. The summed E-state index contributed by atoms with van der Waals surface area (Å²) in [5, 5.41) is 2.80. The summed E-state index contributed by atoms with van der Waals surface area (Å²) in [7, 11) is 3.82. The van der Waals surface area contributed by atoms with Crippen LogP contribution in [0.25, 0.3) is 0 Å². The molecular formula is C13H19N3O. The summed E-state index contributed by atoms with van der Waals surface area (Å²) >= 11 is 0. The van der Waals surface area contributed by atoms with Gasteiger partial charge in [-0.05, 0) is 25.1 Å². The maximum Gasteiger partial charge on any atom is 0.251 e. The minimum Gasteiger partial charge on any atom is -0.397 e. The van der Waals surface area contributed by atoms with Gasteiger partial charge in [-0.1, -0.05) is 6.08 Å². The summed E-state index contributed by atoms with van der Waals surface area (Å²) in [4.78, 5) is 13.7. The largest absolute Gasteiger partial charge is 0.397 e. The van der Waals surface area contributed by atoms with E-state index in [2.05, 4.69) is 11.9 Å². The van der Waals surface area contributed by atoms with Crippen molar-refractivity contribution in [2.24, 2.45) is 0 Å². The number of carbonyl (C=O) groups excluding carboxylic acids is 1. The van der Waals surface area contributed by atoms with Crippen molar-refractivity contribution in [2.75, 3.05) is 24.7 Å². The van der Waals surface area contributed by atoms with Gasteiger partial charge in [0.2, 0.25) is 0 Å². The first-order valence-corrected chi connectivity index (χ1v) is 5.46. The van der Waals surface area contributed by atoms with Crippen LogP contribution in [-0.2, 0) is 0 Å². The molecule has 1 unspecified atom stereocenters. The number of hydrogen-bond donors (Lipinski definition) is 2. The Kier molecular flexibility index (Phi) is 4.15. The molecule has 0 fully saturated rings. The number of anilines is 2. The Morgan fingerprint density at radius 3 is 2.65 bits per heavy atom. The maximum absolute atomic E-state index is 11.8. The predicted octanol–water partition coefficient (Wildman–Crippen LogP) is 1.64. The van der Waals surface area contributed by atoms with Gasteiger partial charge in [0.05, 0.1) is 11.4 Å². The van der Waals surface area contributed by atoms with Crippen LogP contribution >= 0.6 is 0 Å². The Bertz CT molecular complexity index is 427.